The molecule has 3 atom stereocenters. The van der Waals surface area contributed by atoms with E-state index in [1.165, 1.54) is 11.9 Å². The molecule has 2 fully saturated rings. The van der Waals surface area contributed by atoms with Crippen LogP contribution in [0, 0.1) is 25.7 Å². The Kier molecular flexibility index (Phi) is 5.81. The molecule has 2 N–H and O–H groups in total. The van der Waals surface area contributed by atoms with Gasteiger partial charge in [0.1, 0.15) is 6.33 Å². The van der Waals surface area contributed by atoms with Gasteiger partial charge in [0.2, 0.25) is 5.91 Å². The van der Waals surface area contributed by atoms with Crippen molar-refractivity contribution in [2.75, 3.05) is 26.2 Å². The van der Waals surface area contributed by atoms with Crippen molar-refractivity contribution in [2.45, 2.75) is 32.7 Å². The summed E-state index contributed by atoms with van der Waals surface area (Å²) < 4.78 is 0. The van der Waals surface area contributed by atoms with E-state index in [4.69, 9.17) is 5.73 Å². The lowest BCUT2D eigenvalue weighted by Gasteiger charge is -2.27. The minimum absolute atomic E-state index is 0.0158. The van der Waals surface area contributed by atoms with Crippen molar-refractivity contribution in [3.8, 4) is 0 Å². The third kappa shape index (κ3) is 4.07. The van der Waals surface area contributed by atoms with Crippen LogP contribution in [0.25, 0.3) is 0 Å². The van der Waals surface area contributed by atoms with Gasteiger partial charge in [0.15, 0.2) is 0 Å². The summed E-state index contributed by atoms with van der Waals surface area (Å²) in [4.78, 5) is 37.7. The quantitative estimate of drug-likeness (QED) is 0.785. The Morgan fingerprint density at radius 1 is 1.03 bits per heavy atom. The summed E-state index contributed by atoms with van der Waals surface area (Å²) in [5.74, 6) is 0.504. The number of nitrogens with zero attached hydrogens (tertiary/aromatic N) is 4. The zero-order valence-electron chi connectivity index (χ0n) is 17.6. The second-order valence-electron chi connectivity index (χ2n) is 8.55. The number of aromatic nitrogens is 2. The lowest BCUT2D eigenvalue weighted by atomic mass is 10.0. The molecule has 0 saturated carbocycles. The fraction of sp³-hybridized carbons (Fsp3) is 0.478. The van der Waals surface area contributed by atoms with Crippen LogP contribution >= 0.6 is 0 Å². The second-order valence-corrected chi connectivity index (χ2v) is 8.55. The highest BCUT2D eigenvalue weighted by atomic mass is 16.2. The molecule has 3 unspecified atom stereocenters. The molecule has 0 radical (unpaired) electrons. The predicted octanol–water partition coefficient (Wildman–Crippen LogP) is 1.58. The van der Waals surface area contributed by atoms with Gasteiger partial charge in [-0.1, -0.05) is 30.3 Å². The zero-order chi connectivity index (χ0) is 21.3. The van der Waals surface area contributed by atoms with Gasteiger partial charge in [-0.2, -0.15) is 0 Å². The summed E-state index contributed by atoms with van der Waals surface area (Å²) >= 11 is 0. The van der Waals surface area contributed by atoms with Crippen LogP contribution in [0.1, 0.15) is 33.7 Å². The molecule has 0 bridgehead atoms. The van der Waals surface area contributed by atoms with Crippen LogP contribution in [0.2, 0.25) is 0 Å². The van der Waals surface area contributed by atoms with Gasteiger partial charge >= 0.3 is 0 Å². The van der Waals surface area contributed by atoms with Gasteiger partial charge in [0, 0.05) is 26.2 Å². The molecule has 0 spiro atoms. The summed E-state index contributed by atoms with van der Waals surface area (Å²) in [5, 5.41) is 0. The molecule has 158 valence electrons. The van der Waals surface area contributed by atoms with E-state index in [1.807, 2.05) is 36.9 Å². The molecule has 3 heterocycles. The number of carbonyl (C=O) groups is 2. The Labute approximate surface area is 177 Å². The molecule has 4 rings (SSSR count). The van der Waals surface area contributed by atoms with Crippen LogP contribution in [0.15, 0.2) is 36.7 Å². The Hall–Kier alpha value is -2.80. The summed E-state index contributed by atoms with van der Waals surface area (Å²) in [6, 6.07) is 9.93. The topological polar surface area (TPSA) is 92.4 Å². The molecule has 2 aliphatic rings. The first-order chi connectivity index (χ1) is 14.4. The van der Waals surface area contributed by atoms with E-state index in [9.17, 15) is 9.59 Å². The van der Waals surface area contributed by atoms with E-state index < -0.39 is 0 Å². The average molecular weight is 408 g/mol. The van der Waals surface area contributed by atoms with Crippen molar-refractivity contribution in [3.05, 3.63) is 59.2 Å². The number of benzene rings is 1. The lowest BCUT2D eigenvalue weighted by molar-refractivity contribution is -0.123. The first-order valence-corrected chi connectivity index (χ1v) is 10.6. The van der Waals surface area contributed by atoms with Crippen LogP contribution in [0.4, 0.5) is 0 Å². The van der Waals surface area contributed by atoms with E-state index in [-0.39, 0.29) is 17.9 Å². The van der Waals surface area contributed by atoms with E-state index in [2.05, 4.69) is 27.0 Å². The van der Waals surface area contributed by atoms with E-state index >= 15 is 0 Å². The van der Waals surface area contributed by atoms with Gasteiger partial charge in [-0.05, 0) is 44.1 Å². The number of hydrogen-bond acceptors (Lipinski definition) is 5. The highest BCUT2D eigenvalue weighted by Crippen LogP contribution is 2.34. The van der Waals surface area contributed by atoms with E-state index in [1.54, 1.807) is 0 Å². The SMILES string of the molecule is Cc1ncnc(C)c1C(=O)N1CC2CN(C(CCc3ccccc3)C(N)=O)CC2C1. The monoisotopic (exact) mass is 407 g/mol. The number of amides is 2. The number of likely N-dealkylation sites (tertiary alicyclic amines) is 2. The fourth-order valence-electron chi connectivity index (χ4n) is 4.96. The standard InChI is InChI=1S/C23H29N5O2/c1-15-21(16(2)26-14-25-15)23(30)28-12-18-10-27(11-19(18)13-28)20(22(24)29)9-8-17-6-4-3-5-7-17/h3-7,14,18-20H,8-13H2,1-2H3,(H2,24,29). The number of hydrogen-bond donors (Lipinski definition) is 1. The average Bonchev–Trinajstić information content (AvgIpc) is 3.28. The van der Waals surface area contributed by atoms with Crippen molar-refractivity contribution >= 4 is 11.8 Å². The summed E-state index contributed by atoms with van der Waals surface area (Å²) in [5.41, 5.74) is 9.04. The van der Waals surface area contributed by atoms with Gasteiger partial charge in [0.25, 0.3) is 5.91 Å². The molecule has 1 aromatic carbocycles. The molecule has 30 heavy (non-hydrogen) atoms. The first-order valence-electron chi connectivity index (χ1n) is 10.6. The lowest BCUT2D eigenvalue weighted by Crippen LogP contribution is -2.45. The van der Waals surface area contributed by atoms with Crippen LogP contribution in [-0.2, 0) is 11.2 Å². The van der Waals surface area contributed by atoms with Crippen molar-refractivity contribution in [1.29, 1.82) is 0 Å². The van der Waals surface area contributed by atoms with Crippen LogP contribution in [0.5, 0.6) is 0 Å². The Balaban J connectivity index is 1.38. The maximum Gasteiger partial charge on any atom is 0.257 e. The third-order valence-corrected chi connectivity index (χ3v) is 6.56. The number of primary amides is 1. The normalized spacial score (nSPS) is 22.1. The highest BCUT2D eigenvalue weighted by Gasteiger charge is 2.44. The molecule has 2 amide bonds. The van der Waals surface area contributed by atoms with Gasteiger partial charge in [0.05, 0.1) is 23.0 Å². The Bertz CT molecular complexity index is 898. The molecule has 1 aromatic heterocycles. The molecule has 2 saturated heterocycles. The van der Waals surface area contributed by atoms with Gasteiger partial charge in [-0.25, -0.2) is 9.97 Å². The molecule has 2 aromatic rings. The number of aryl methyl sites for hydroxylation is 3. The van der Waals surface area contributed by atoms with Crippen molar-refractivity contribution in [3.63, 3.8) is 0 Å². The minimum atomic E-state index is -0.258. The van der Waals surface area contributed by atoms with Crippen molar-refractivity contribution in [1.82, 2.24) is 19.8 Å². The highest BCUT2D eigenvalue weighted by molar-refractivity contribution is 5.96. The minimum Gasteiger partial charge on any atom is -0.368 e. The van der Waals surface area contributed by atoms with Crippen LogP contribution < -0.4 is 5.73 Å². The maximum atomic E-state index is 13.1. The Morgan fingerprint density at radius 2 is 1.63 bits per heavy atom. The molecule has 2 aliphatic heterocycles. The van der Waals surface area contributed by atoms with Gasteiger partial charge in [-0.15, -0.1) is 0 Å². The van der Waals surface area contributed by atoms with Crippen molar-refractivity contribution in [2.24, 2.45) is 17.6 Å². The molecule has 7 nitrogen and oxygen atoms in total. The third-order valence-electron chi connectivity index (χ3n) is 6.56. The molecule has 7 heteroatoms. The first kappa shape index (κ1) is 20.5. The maximum absolute atomic E-state index is 13.1. The summed E-state index contributed by atoms with van der Waals surface area (Å²) in [6.07, 6.45) is 3.05. The largest absolute Gasteiger partial charge is 0.368 e. The number of rotatable bonds is 6. The second kappa shape index (κ2) is 8.52. The van der Waals surface area contributed by atoms with Crippen LogP contribution in [-0.4, -0.2) is 63.8 Å². The van der Waals surface area contributed by atoms with Gasteiger partial charge in [-0.3, -0.25) is 14.5 Å². The smallest absolute Gasteiger partial charge is 0.257 e. The summed E-state index contributed by atoms with van der Waals surface area (Å²) in [6.45, 7) is 6.73. The number of carbonyl (C=O) groups excluding carboxylic acids is 2. The van der Waals surface area contributed by atoms with Crippen LogP contribution in [0.3, 0.4) is 0 Å². The van der Waals surface area contributed by atoms with Crippen molar-refractivity contribution < 1.29 is 9.59 Å². The van der Waals surface area contributed by atoms with E-state index in [0.29, 0.717) is 30.5 Å². The predicted molar refractivity (Wildman–Crippen MR) is 114 cm³/mol. The van der Waals surface area contributed by atoms with Gasteiger partial charge < -0.3 is 10.6 Å². The zero-order valence-corrected chi connectivity index (χ0v) is 17.6. The molecular weight excluding hydrogens is 378 g/mol. The fourth-order valence-corrected chi connectivity index (χ4v) is 4.96. The van der Waals surface area contributed by atoms with E-state index in [0.717, 1.165) is 37.3 Å². The number of fused-ring (bicyclic) bond motifs is 1. The summed E-state index contributed by atoms with van der Waals surface area (Å²) in [7, 11) is 0. The molecular formula is C23H29N5O2. The molecule has 0 aliphatic carbocycles. The Morgan fingerprint density at radius 3 is 2.20 bits per heavy atom. The number of nitrogens with two attached hydrogens (primary N) is 1.